The lowest BCUT2D eigenvalue weighted by Crippen LogP contribution is -2.26. The molecule has 0 unspecified atom stereocenters. The molecule has 25 heavy (non-hydrogen) atoms. The molecule has 0 radical (unpaired) electrons. The minimum absolute atomic E-state index is 0.00210. The van der Waals surface area contributed by atoms with Gasteiger partial charge in [-0.1, -0.05) is 36.4 Å². The summed E-state index contributed by atoms with van der Waals surface area (Å²) in [7, 11) is 0. The maximum Gasteiger partial charge on any atom is 0.407 e. The van der Waals surface area contributed by atoms with E-state index >= 15 is 0 Å². The molecule has 2 N–H and O–H groups in total. The van der Waals surface area contributed by atoms with Crippen LogP contribution in [0.2, 0.25) is 0 Å². The molecule has 2 aromatic carbocycles. The van der Waals surface area contributed by atoms with Gasteiger partial charge in [-0.05, 0) is 40.0 Å². The van der Waals surface area contributed by atoms with Crippen LogP contribution in [-0.2, 0) is 11.3 Å². The van der Waals surface area contributed by atoms with Gasteiger partial charge in [-0.15, -0.1) is 0 Å². The highest BCUT2D eigenvalue weighted by Gasteiger charge is 2.17. The summed E-state index contributed by atoms with van der Waals surface area (Å²) < 4.78 is 5.51. The topological polar surface area (TPSA) is 93.5 Å². The number of amides is 1. The molecule has 0 aliphatic carbocycles. The summed E-state index contributed by atoms with van der Waals surface area (Å²) in [4.78, 5) is 22.2. The van der Waals surface area contributed by atoms with Crippen LogP contribution < -0.4 is 10.6 Å². The number of hydrogen-bond donors (Lipinski definition) is 2. The highest BCUT2D eigenvalue weighted by molar-refractivity contribution is 9.10. The first kappa shape index (κ1) is 18.7. The summed E-state index contributed by atoms with van der Waals surface area (Å²) in [5.41, 5.74) is 1.35. The van der Waals surface area contributed by atoms with Gasteiger partial charge in [0.15, 0.2) is 0 Å². The van der Waals surface area contributed by atoms with E-state index < -0.39 is 11.0 Å². The van der Waals surface area contributed by atoms with Crippen molar-refractivity contribution in [3.05, 3.63) is 68.7 Å². The van der Waals surface area contributed by atoms with Gasteiger partial charge in [0.05, 0.1) is 9.40 Å². The van der Waals surface area contributed by atoms with Gasteiger partial charge in [-0.2, -0.15) is 0 Å². The number of rotatable bonds is 8. The second kappa shape index (κ2) is 9.63. The zero-order valence-electron chi connectivity index (χ0n) is 13.4. The van der Waals surface area contributed by atoms with Crippen LogP contribution in [0.5, 0.6) is 0 Å². The number of halogens is 1. The van der Waals surface area contributed by atoms with Crippen molar-refractivity contribution in [3.8, 4) is 0 Å². The van der Waals surface area contributed by atoms with Gasteiger partial charge in [-0.25, -0.2) is 4.79 Å². The number of nitro groups is 1. The van der Waals surface area contributed by atoms with Crippen LogP contribution in [0, 0.1) is 10.1 Å². The predicted molar refractivity (Wildman–Crippen MR) is 98.5 cm³/mol. The normalized spacial score (nSPS) is 10.1. The van der Waals surface area contributed by atoms with Crippen molar-refractivity contribution in [1.29, 1.82) is 0 Å². The molecule has 7 nitrogen and oxygen atoms in total. The molecule has 0 heterocycles. The highest BCUT2D eigenvalue weighted by atomic mass is 79.9. The van der Waals surface area contributed by atoms with E-state index in [1.54, 1.807) is 18.2 Å². The fourth-order valence-electron chi connectivity index (χ4n) is 2.12. The molecular weight excluding hydrogens is 390 g/mol. The van der Waals surface area contributed by atoms with Crippen LogP contribution in [0.4, 0.5) is 16.2 Å². The Morgan fingerprint density at radius 3 is 2.60 bits per heavy atom. The zero-order valence-corrected chi connectivity index (χ0v) is 15.0. The number of anilines is 1. The van der Waals surface area contributed by atoms with E-state index in [4.69, 9.17) is 4.74 Å². The summed E-state index contributed by atoms with van der Waals surface area (Å²) in [5.74, 6) is 0. The lowest BCUT2D eigenvalue weighted by molar-refractivity contribution is -0.384. The molecule has 8 heteroatoms. The Balaban J connectivity index is 1.67. The fraction of sp³-hybridized carbons (Fsp3) is 0.235. The number of hydrogen-bond acceptors (Lipinski definition) is 5. The van der Waals surface area contributed by atoms with Gasteiger partial charge in [0.25, 0.3) is 0 Å². The maximum absolute atomic E-state index is 11.6. The highest BCUT2D eigenvalue weighted by Crippen LogP contribution is 2.32. The van der Waals surface area contributed by atoms with E-state index in [1.165, 1.54) is 0 Å². The fourth-order valence-corrected chi connectivity index (χ4v) is 2.63. The van der Waals surface area contributed by atoms with Crippen LogP contribution in [0.25, 0.3) is 0 Å². The first-order chi connectivity index (χ1) is 12.1. The Morgan fingerprint density at radius 2 is 1.88 bits per heavy atom. The van der Waals surface area contributed by atoms with Crippen molar-refractivity contribution >= 4 is 33.4 Å². The number of benzene rings is 2. The number of nitrogens with one attached hydrogen (secondary N) is 2. The quantitative estimate of drug-likeness (QED) is 0.390. The van der Waals surface area contributed by atoms with Gasteiger partial charge in [-0.3, -0.25) is 10.1 Å². The van der Waals surface area contributed by atoms with E-state index in [-0.39, 0.29) is 12.3 Å². The average molecular weight is 408 g/mol. The van der Waals surface area contributed by atoms with Crippen LogP contribution in [0.15, 0.2) is 53.0 Å². The van der Waals surface area contributed by atoms with Crippen LogP contribution >= 0.6 is 15.9 Å². The number of nitro benzene ring substituents is 1. The molecule has 132 valence electrons. The molecule has 0 spiro atoms. The van der Waals surface area contributed by atoms with Gasteiger partial charge in [0.2, 0.25) is 0 Å². The lowest BCUT2D eigenvalue weighted by atomic mass is 10.2. The molecule has 0 aliphatic heterocycles. The predicted octanol–water partition coefficient (Wildman–Crippen LogP) is 4.09. The van der Waals surface area contributed by atoms with Gasteiger partial charge >= 0.3 is 11.8 Å². The summed E-state index contributed by atoms with van der Waals surface area (Å²) >= 11 is 3.17. The van der Waals surface area contributed by atoms with Crippen LogP contribution in [0.1, 0.15) is 12.0 Å². The Bertz CT molecular complexity index is 725. The van der Waals surface area contributed by atoms with E-state index in [0.29, 0.717) is 29.7 Å². The first-order valence-electron chi connectivity index (χ1n) is 7.69. The molecule has 0 atom stereocenters. The smallest absolute Gasteiger partial charge is 0.407 e. The van der Waals surface area contributed by atoms with E-state index in [2.05, 4.69) is 26.6 Å². The Labute approximate surface area is 153 Å². The molecule has 0 fully saturated rings. The van der Waals surface area contributed by atoms with Crippen LogP contribution in [0.3, 0.4) is 0 Å². The minimum Gasteiger partial charge on any atom is -0.445 e. The number of carbonyl (C=O) groups is 1. The Morgan fingerprint density at radius 1 is 1.12 bits per heavy atom. The summed E-state index contributed by atoms with van der Waals surface area (Å²) in [6, 6.07) is 14.4. The number of alkyl carbamates (subject to hydrolysis) is 1. The van der Waals surface area contributed by atoms with Gasteiger partial charge in [0, 0.05) is 13.1 Å². The van der Waals surface area contributed by atoms with E-state index in [9.17, 15) is 14.9 Å². The van der Waals surface area contributed by atoms with Gasteiger partial charge in [0.1, 0.15) is 12.3 Å². The van der Waals surface area contributed by atoms with E-state index in [0.717, 1.165) is 5.56 Å². The van der Waals surface area contributed by atoms with Crippen molar-refractivity contribution in [2.75, 3.05) is 18.4 Å². The monoisotopic (exact) mass is 407 g/mol. The molecule has 2 aromatic rings. The molecule has 0 saturated carbocycles. The third kappa shape index (κ3) is 6.07. The Kier molecular flexibility index (Phi) is 7.21. The van der Waals surface area contributed by atoms with Crippen molar-refractivity contribution < 1.29 is 14.5 Å². The molecule has 0 bridgehead atoms. The van der Waals surface area contributed by atoms with Gasteiger partial charge < -0.3 is 15.4 Å². The first-order valence-corrected chi connectivity index (χ1v) is 8.48. The third-order valence-corrected chi connectivity index (χ3v) is 3.96. The molecular formula is C17H18BrN3O4. The van der Waals surface area contributed by atoms with Crippen molar-refractivity contribution in [2.24, 2.45) is 0 Å². The average Bonchev–Trinajstić information content (AvgIpc) is 2.60. The van der Waals surface area contributed by atoms with Crippen LogP contribution in [-0.4, -0.2) is 24.1 Å². The SMILES string of the molecule is O=C(NCCCNc1cccc(Br)c1[N+](=O)[O-])OCc1ccccc1. The lowest BCUT2D eigenvalue weighted by Gasteiger charge is -2.09. The van der Waals surface area contributed by atoms with Crippen molar-refractivity contribution in [1.82, 2.24) is 5.32 Å². The third-order valence-electron chi connectivity index (χ3n) is 3.32. The standard InChI is InChI=1S/C17H18BrN3O4/c18-14-8-4-9-15(16(14)21(23)24)19-10-5-11-20-17(22)25-12-13-6-2-1-3-7-13/h1-4,6-9,19H,5,10-12H2,(H,20,22). The van der Waals surface area contributed by atoms with Crippen molar-refractivity contribution in [2.45, 2.75) is 13.0 Å². The molecule has 0 aliphatic rings. The number of carbonyl (C=O) groups excluding carboxylic acids is 1. The number of para-hydroxylation sites is 1. The summed E-state index contributed by atoms with van der Waals surface area (Å²) in [6.45, 7) is 1.11. The molecule has 2 rings (SSSR count). The number of ether oxygens (including phenoxy) is 1. The second-order valence-electron chi connectivity index (χ2n) is 5.16. The molecule has 1 amide bonds. The van der Waals surface area contributed by atoms with Crippen molar-refractivity contribution in [3.63, 3.8) is 0 Å². The second-order valence-corrected chi connectivity index (χ2v) is 6.02. The largest absolute Gasteiger partial charge is 0.445 e. The number of nitrogens with zero attached hydrogens (tertiary/aromatic N) is 1. The maximum atomic E-state index is 11.6. The Hall–Kier alpha value is -2.61. The minimum atomic E-state index is -0.489. The summed E-state index contributed by atoms with van der Waals surface area (Å²) in [5, 5.41) is 16.7. The zero-order chi connectivity index (χ0) is 18.1. The summed E-state index contributed by atoms with van der Waals surface area (Å²) in [6.07, 6.45) is 0.113. The van der Waals surface area contributed by atoms with E-state index in [1.807, 2.05) is 30.3 Å². The molecule has 0 aromatic heterocycles. The molecule has 0 saturated heterocycles.